The minimum Gasteiger partial charge on any atom is -0.547 e. The van der Waals surface area contributed by atoms with Crippen LogP contribution in [0, 0.1) is 0 Å². The summed E-state index contributed by atoms with van der Waals surface area (Å²) in [6, 6.07) is 0. The topological polar surface area (TPSA) is 241 Å². The Morgan fingerprint density at radius 2 is 0.453 bits per heavy atom. The molecule has 0 saturated heterocycles. The Bertz CT molecular complexity index is 672. The Balaban J connectivity index is -0.000000192. The van der Waals surface area contributed by atoms with Crippen LogP contribution in [0.25, 0.3) is 0 Å². The second-order valence-electron chi connectivity index (χ2n) is 13.6. The van der Waals surface area contributed by atoms with Gasteiger partial charge in [-0.05, 0) is 25.7 Å². The summed E-state index contributed by atoms with van der Waals surface area (Å²) in [7, 11) is 0. The van der Waals surface area contributed by atoms with Crippen LogP contribution in [0.1, 0.15) is 207 Å². The summed E-state index contributed by atoms with van der Waals surface area (Å²) in [4.78, 5) is 40.4. The summed E-state index contributed by atoms with van der Waals surface area (Å²) in [6.45, 7) is 8.61. The monoisotopic (exact) mass is 796 g/mol. The van der Waals surface area contributed by atoms with Crippen molar-refractivity contribution in [1.29, 1.82) is 0 Å². The molecule has 0 aliphatic carbocycles. The van der Waals surface area contributed by atoms with Crippen LogP contribution in [0.5, 0.6) is 0 Å². The molecule has 0 amide bonds. The fraction of sp³-hybridized carbons (Fsp3) is 0.900. The molecule has 0 bridgehead atoms. The van der Waals surface area contributed by atoms with E-state index in [2.05, 4.69) is 27.7 Å². The van der Waals surface area contributed by atoms with E-state index < -0.39 is 48.3 Å². The first kappa shape index (κ1) is 60.7. The molecule has 0 aromatic carbocycles. The molecule has 4 N–H and O–H groups in total. The van der Waals surface area contributed by atoms with Crippen molar-refractivity contribution >= 4 is 23.9 Å². The van der Waals surface area contributed by atoms with Crippen LogP contribution < -0.4 is 20.4 Å². The first-order chi connectivity index (χ1) is 24.7. The van der Waals surface area contributed by atoms with Crippen molar-refractivity contribution in [2.45, 2.75) is 232 Å². The van der Waals surface area contributed by atoms with Gasteiger partial charge in [0.25, 0.3) is 0 Å². The molecule has 0 fully saturated rings. The maximum Gasteiger partial charge on any atom is 4.00 e. The molecule has 12 nitrogen and oxygen atoms in total. The Hall–Kier alpha value is -1.57. The number of aliphatic carboxylic acids is 4. The van der Waals surface area contributed by atoms with E-state index in [1.54, 1.807) is 0 Å². The third-order valence-corrected chi connectivity index (χ3v) is 8.41. The normalized spacial score (nSPS) is 12.5. The number of carbonyl (C=O) groups excluding carboxylic acids is 4. The van der Waals surface area contributed by atoms with E-state index in [0.717, 1.165) is 77.0 Å². The zero-order chi connectivity index (χ0) is 40.4. The number of carboxylic acid groups (broad SMARTS) is 4. The average molecular weight is 797 g/mol. The van der Waals surface area contributed by atoms with Crippen LogP contribution in [0.2, 0.25) is 0 Å². The van der Waals surface area contributed by atoms with E-state index in [1.807, 2.05) is 0 Å². The van der Waals surface area contributed by atoms with Gasteiger partial charge in [0.05, 0.1) is 48.3 Å². The second-order valence-corrected chi connectivity index (χ2v) is 13.6. The van der Waals surface area contributed by atoms with Gasteiger partial charge in [0, 0.05) is 0 Å². The maximum atomic E-state index is 10.1. The Labute approximate surface area is 336 Å². The largest absolute Gasteiger partial charge is 4.00 e. The molecule has 0 aliphatic heterocycles. The number of hydrogen-bond donors (Lipinski definition) is 4. The maximum absolute atomic E-state index is 10.1. The molecule has 312 valence electrons. The van der Waals surface area contributed by atoms with Crippen LogP contribution >= 0.6 is 0 Å². The average Bonchev–Trinajstić information content (AvgIpc) is 3.11. The molecule has 4 unspecified atom stereocenters. The van der Waals surface area contributed by atoms with Gasteiger partial charge in [0.15, 0.2) is 0 Å². The number of hydrogen-bond acceptors (Lipinski definition) is 12. The number of aliphatic hydroxyl groups excluding tert-OH is 4. The van der Waals surface area contributed by atoms with Crippen molar-refractivity contribution < 1.29 is 81.7 Å². The SMILES string of the molecule is CCCCCCCCC(O)C(=O)[O-].CCCCCCCCC(O)C(=O)[O-].CCCCCCCCC(O)C(=O)[O-].CCCCCCCCC(O)C(=O)[O-].[Ti+4]. The molecule has 53 heavy (non-hydrogen) atoms. The van der Waals surface area contributed by atoms with Crippen molar-refractivity contribution in [3.63, 3.8) is 0 Å². The fourth-order valence-corrected chi connectivity index (χ4v) is 4.94. The van der Waals surface area contributed by atoms with Gasteiger partial charge in [-0.15, -0.1) is 0 Å². The molecular weight excluding hydrogens is 720 g/mol. The molecule has 0 rings (SSSR count). The molecule has 0 heterocycles. The minimum absolute atomic E-state index is 0. The third kappa shape index (κ3) is 54.9. The van der Waals surface area contributed by atoms with Crippen molar-refractivity contribution in [2.24, 2.45) is 0 Å². The second kappa shape index (κ2) is 48.5. The van der Waals surface area contributed by atoms with E-state index in [9.17, 15) is 39.6 Å². The molecule has 0 aromatic heterocycles. The fourth-order valence-electron chi connectivity index (χ4n) is 4.94. The molecule has 13 heteroatoms. The van der Waals surface area contributed by atoms with Gasteiger partial charge >= 0.3 is 21.7 Å². The van der Waals surface area contributed by atoms with Gasteiger partial charge in [-0.25, -0.2) is 0 Å². The van der Waals surface area contributed by atoms with E-state index in [-0.39, 0.29) is 21.7 Å². The first-order valence-corrected chi connectivity index (χ1v) is 20.3. The van der Waals surface area contributed by atoms with Crippen molar-refractivity contribution in [2.75, 3.05) is 0 Å². The molecule has 0 saturated carbocycles. The van der Waals surface area contributed by atoms with E-state index in [1.165, 1.54) is 77.0 Å². The van der Waals surface area contributed by atoms with Crippen molar-refractivity contribution in [3.8, 4) is 0 Å². The molecular formula is C40H76O12Ti. The Morgan fingerprint density at radius 3 is 0.585 bits per heavy atom. The van der Waals surface area contributed by atoms with Crippen molar-refractivity contribution in [1.82, 2.24) is 0 Å². The number of aliphatic hydroxyl groups is 4. The molecule has 0 radical (unpaired) electrons. The Morgan fingerprint density at radius 1 is 0.321 bits per heavy atom. The molecule has 0 aliphatic rings. The summed E-state index contributed by atoms with van der Waals surface area (Å²) < 4.78 is 0. The van der Waals surface area contributed by atoms with E-state index in [4.69, 9.17) is 20.4 Å². The van der Waals surface area contributed by atoms with Crippen LogP contribution in [-0.2, 0) is 40.9 Å². The van der Waals surface area contributed by atoms with Crippen LogP contribution in [0.3, 0.4) is 0 Å². The standard InChI is InChI=1S/4C10H20O3.Ti/c4*1-2-3-4-5-6-7-8-9(11)10(12)13;/h4*9,11H,2-8H2,1H3,(H,12,13);/q;;;;+4/p-4. The molecule has 0 aromatic rings. The van der Waals surface area contributed by atoms with Crippen LogP contribution in [0.4, 0.5) is 0 Å². The number of carbonyl (C=O) groups is 4. The summed E-state index contributed by atoms with van der Waals surface area (Å²) >= 11 is 0. The zero-order valence-corrected chi connectivity index (χ0v) is 35.2. The van der Waals surface area contributed by atoms with Crippen molar-refractivity contribution in [3.05, 3.63) is 0 Å². The summed E-state index contributed by atoms with van der Waals surface area (Å²) in [6.07, 6.45) is 22.5. The van der Waals surface area contributed by atoms with Crippen LogP contribution in [0.15, 0.2) is 0 Å². The van der Waals surface area contributed by atoms with E-state index in [0.29, 0.717) is 25.7 Å². The van der Waals surface area contributed by atoms with Gasteiger partial charge in [-0.2, -0.15) is 0 Å². The number of unbranched alkanes of at least 4 members (excludes halogenated alkanes) is 20. The van der Waals surface area contributed by atoms with E-state index >= 15 is 0 Å². The smallest absolute Gasteiger partial charge is 0.547 e. The summed E-state index contributed by atoms with van der Waals surface area (Å²) in [5.41, 5.74) is 0. The van der Waals surface area contributed by atoms with Gasteiger partial charge in [0.2, 0.25) is 0 Å². The molecule has 0 spiro atoms. The summed E-state index contributed by atoms with van der Waals surface area (Å²) in [5.74, 6) is -5.41. The third-order valence-electron chi connectivity index (χ3n) is 8.41. The molecule has 4 atom stereocenters. The number of carboxylic acids is 4. The number of rotatable bonds is 32. The summed E-state index contributed by atoms with van der Waals surface area (Å²) in [5, 5.41) is 75.9. The van der Waals surface area contributed by atoms with Gasteiger partial charge in [-0.3, -0.25) is 0 Å². The van der Waals surface area contributed by atoms with Gasteiger partial charge in [-0.1, -0.05) is 182 Å². The predicted molar refractivity (Wildman–Crippen MR) is 196 cm³/mol. The predicted octanol–water partition coefficient (Wildman–Crippen LogP) is 3.39. The van der Waals surface area contributed by atoms with Gasteiger partial charge in [0.1, 0.15) is 0 Å². The van der Waals surface area contributed by atoms with Crippen LogP contribution in [-0.4, -0.2) is 68.7 Å². The first-order valence-electron chi connectivity index (χ1n) is 20.3. The minimum atomic E-state index is -1.35. The quantitative estimate of drug-likeness (QED) is 0.0566. The zero-order valence-electron chi connectivity index (χ0n) is 33.7. The Kier molecular flexibility index (Phi) is 55.5. The van der Waals surface area contributed by atoms with Gasteiger partial charge < -0.3 is 60.0 Å².